The Balaban J connectivity index is 1.44. The maximum Gasteiger partial charge on any atom is 0.105 e. The highest BCUT2D eigenvalue weighted by Gasteiger charge is 2.27. The van der Waals surface area contributed by atoms with Crippen LogP contribution in [-0.4, -0.2) is 5.11 Å². The van der Waals surface area contributed by atoms with Gasteiger partial charge < -0.3 is 5.11 Å². The lowest BCUT2D eigenvalue weighted by molar-refractivity contribution is 0.225. The quantitative estimate of drug-likeness (QED) is 0.395. The van der Waals surface area contributed by atoms with E-state index < -0.39 is 6.10 Å². The van der Waals surface area contributed by atoms with E-state index in [9.17, 15) is 5.11 Å². The lowest BCUT2D eigenvalue weighted by Gasteiger charge is -2.10. The predicted molar refractivity (Wildman–Crippen MR) is 110 cm³/mol. The monoisotopic (exact) mass is 346 g/mol. The maximum absolute atomic E-state index is 10.8. The van der Waals surface area contributed by atoms with Gasteiger partial charge in [0.05, 0.1) is 0 Å². The fourth-order valence-corrected chi connectivity index (χ4v) is 4.69. The highest BCUT2D eigenvalue weighted by molar-refractivity contribution is 5.83. The molecule has 0 bridgehead atoms. The van der Waals surface area contributed by atoms with Crippen LogP contribution in [0.25, 0.3) is 33.4 Å². The van der Waals surface area contributed by atoms with E-state index in [1.165, 1.54) is 33.4 Å². The Kier molecular flexibility index (Phi) is 3.00. The molecular formula is C26H18O. The van der Waals surface area contributed by atoms with Crippen LogP contribution in [0, 0.1) is 0 Å². The van der Waals surface area contributed by atoms with Gasteiger partial charge in [0.1, 0.15) is 6.10 Å². The number of hydrogen-bond acceptors (Lipinski definition) is 1. The molecule has 0 fully saturated rings. The van der Waals surface area contributed by atoms with Gasteiger partial charge in [0, 0.05) is 0 Å². The van der Waals surface area contributed by atoms with Gasteiger partial charge in [-0.15, -0.1) is 0 Å². The maximum atomic E-state index is 10.8. The summed E-state index contributed by atoms with van der Waals surface area (Å²) in [6, 6.07) is 30.1. The molecule has 1 nitrogen and oxygen atoms in total. The van der Waals surface area contributed by atoms with Gasteiger partial charge in [-0.1, -0.05) is 78.9 Å². The summed E-state index contributed by atoms with van der Waals surface area (Å²) in [6.45, 7) is 0. The molecule has 128 valence electrons. The number of fused-ring (bicyclic) bond motifs is 6. The van der Waals surface area contributed by atoms with Crippen LogP contribution in [0.15, 0.2) is 84.9 Å². The summed E-state index contributed by atoms with van der Waals surface area (Å²) in [5.41, 5.74) is 12.2. The standard InChI is InChI=1S/C26H18O/c27-26-24-8-4-3-7-22(24)23-12-10-17(15-25(23)26)16-9-11-21-19(13-16)14-18-5-1-2-6-20(18)21/h1-13,15,26-27H,14H2. The fourth-order valence-electron chi connectivity index (χ4n) is 4.69. The zero-order valence-corrected chi connectivity index (χ0v) is 14.8. The van der Waals surface area contributed by atoms with Crippen molar-refractivity contribution in [2.24, 2.45) is 0 Å². The van der Waals surface area contributed by atoms with Crippen LogP contribution >= 0.6 is 0 Å². The molecule has 1 heteroatoms. The van der Waals surface area contributed by atoms with Crippen molar-refractivity contribution in [3.63, 3.8) is 0 Å². The molecule has 1 atom stereocenters. The lowest BCUT2D eigenvalue weighted by Crippen LogP contribution is -1.94. The van der Waals surface area contributed by atoms with E-state index in [-0.39, 0.29) is 0 Å². The van der Waals surface area contributed by atoms with Gasteiger partial charge in [-0.2, -0.15) is 0 Å². The first kappa shape index (κ1) is 15.0. The second-order valence-electron chi connectivity index (χ2n) is 7.50. The van der Waals surface area contributed by atoms with Gasteiger partial charge in [-0.3, -0.25) is 0 Å². The van der Waals surface area contributed by atoms with Crippen molar-refractivity contribution in [3.8, 4) is 33.4 Å². The molecule has 0 saturated heterocycles. The summed E-state index contributed by atoms with van der Waals surface area (Å²) < 4.78 is 0. The molecule has 0 saturated carbocycles. The largest absolute Gasteiger partial charge is 0.384 e. The highest BCUT2D eigenvalue weighted by atomic mass is 16.3. The third-order valence-electron chi connectivity index (χ3n) is 6.02. The van der Waals surface area contributed by atoms with Gasteiger partial charge in [-0.05, 0) is 68.1 Å². The molecule has 1 N–H and O–H groups in total. The lowest BCUT2D eigenvalue weighted by atomic mass is 9.96. The summed E-state index contributed by atoms with van der Waals surface area (Å²) in [7, 11) is 0. The molecule has 0 heterocycles. The molecule has 0 amide bonds. The Hall–Kier alpha value is -3.16. The molecule has 0 spiro atoms. The molecule has 0 aromatic heterocycles. The SMILES string of the molecule is OC1c2ccccc2-c2ccc(-c3ccc4c(c3)Cc3ccccc3-4)cc21. The fraction of sp³-hybridized carbons (Fsp3) is 0.0769. The number of rotatable bonds is 1. The Bertz CT molecular complexity index is 1220. The summed E-state index contributed by atoms with van der Waals surface area (Å²) in [5.74, 6) is 0. The molecular weight excluding hydrogens is 328 g/mol. The van der Waals surface area contributed by atoms with E-state index in [0.29, 0.717) is 0 Å². The Morgan fingerprint density at radius 3 is 2.07 bits per heavy atom. The smallest absolute Gasteiger partial charge is 0.105 e. The second-order valence-corrected chi connectivity index (χ2v) is 7.50. The van der Waals surface area contributed by atoms with Crippen molar-refractivity contribution in [2.75, 3.05) is 0 Å². The first-order chi connectivity index (χ1) is 13.3. The van der Waals surface area contributed by atoms with Gasteiger partial charge in [0.25, 0.3) is 0 Å². The van der Waals surface area contributed by atoms with Crippen molar-refractivity contribution in [1.82, 2.24) is 0 Å². The second kappa shape index (κ2) is 5.42. The Morgan fingerprint density at radius 1 is 0.556 bits per heavy atom. The Morgan fingerprint density at radius 2 is 1.19 bits per heavy atom. The van der Waals surface area contributed by atoms with Crippen molar-refractivity contribution < 1.29 is 5.11 Å². The van der Waals surface area contributed by atoms with Crippen molar-refractivity contribution >= 4 is 0 Å². The van der Waals surface area contributed by atoms with Gasteiger partial charge >= 0.3 is 0 Å². The van der Waals surface area contributed by atoms with Crippen molar-refractivity contribution in [2.45, 2.75) is 12.5 Å². The van der Waals surface area contributed by atoms with Crippen molar-refractivity contribution in [1.29, 1.82) is 0 Å². The molecule has 2 aliphatic rings. The van der Waals surface area contributed by atoms with Crippen LogP contribution in [0.5, 0.6) is 0 Å². The summed E-state index contributed by atoms with van der Waals surface area (Å²) in [6.07, 6.45) is 0.466. The molecule has 0 radical (unpaired) electrons. The molecule has 2 aliphatic carbocycles. The minimum Gasteiger partial charge on any atom is -0.384 e. The predicted octanol–water partition coefficient (Wildman–Crippen LogP) is 5.99. The third kappa shape index (κ3) is 2.09. The average molecular weight is 346 g/mol. The zero-order chi connectivity index (χ0) is 18.0. The third-order valence-corrected chi connectivity index (χ3v) is 6.02. The first-order valence-electron chi connectivity index (χ1n) is 9.42. The van der Waals surface area contributed by atoms with E-state index >= 15 is 0 Å². The minimum absolute atomic E-state index is 0.533. The summed E-state index contributed by atoms with van der Waals surface area (Å²) in [4.78, 5) is 0. The number of benzene rings is 4. The number of hydrogen-bond donors (Lipinski definition) is 1. The van der Waals surface area contributed by atoms with E-state index in [1.807, 2.05) is 18.2 Å². The van der Waals surface area contributed by atoms with Gasteiger partial charge in [-0.25, -0.2) is 0 Å². The van der Waals surface area contributed by atoms with E-state index in [0.717, 1.165) is 28.7 Å². The van der Waals surface area contributed by atoms with Crippen LogP contribution < -0.4 is 0 Å². The van der Waals surface area contributed by atoms with Crippen LogP contribution in [0.4, 0.5) is 0 Å². The highest BCUT2D eigenvalue weighted by Crippen LogP contribution is 2.45. The number of aliphatic hydroxyl groups excluding tert-OH is 1. The topological polar surface area (TPSA) is 20.2 Å². The molecule has 27 heavy (non-hydrogen) atoms. The molecule has 1 unspecified atom stereocenters. The van der Waals surface area contributed by atoms with E-state index in [4.69, 9.17) is 0 Å². The molecule has 0 aliphatic heterocycles. The van der Waals surface area contributed by atoms with E-state index in [2.05, 4.69) is 66.7 Å². The van der Waals surface area contributed by atoms with Gasteiger partial charge in [0.2, 0.25) is 0 Å². The van der Waals surface area contributed by atoms with Crippen molar-refractivity contribution in [3.05, 3.63) is 107 Å². The number of aliphatic hydroxyl groups is 1. The van der Waals surface area contributed by atoms with E-state index in [1.54, 1.807) is 0 Å². The summed E-state index contributed by atoms with van der Waals surface area (Å²) in [5, 5.41) is 10.8. The van der Waals surface area contributed by atoms with Crippen LogP contribution in [-0.2, 0) is 6.42 Å². The molecule has 4 aromatic rings. The Labute approximate surface area is 158 Å². The minimum atomic E-state index is -0.533. The molecule has 6 rings (SSSR count). The van der Waals surface area contributed by atoms with Gasteiger partial charge in [0.15, 0.2) is 0 Å². The summed E-state index contributed by atoms with van der Waals surface area (Å²) >= 11 is 0. The average Bonchev–Trinajstić information content (AvgIpc) is 3.23. The van der Waals surface area contributed by atoms with Crippen LogP contribution in [0.2, 0.25) is 0 Å². The van der Waals surface area contributed by atoms with Crippen LogP contribution in [0.3, 0.4) is 0 Å². The zero-order valence-electron chi connectivity index (χ0n) is 14.8. The molecule has 4 aromatic carbocycles. The normalized spacial score (nSPS) is 15.8. The first-order valence-corrected chi connectivity index (χ1v) is 9.42. The van der Waals surface area contributed by atoms with Crippen LogP contribution in [0.1, 0.15) is 28.4 Å².